The summed E-state index contributed by atoms with van der Waals surface area (Å²) in [5.41, 5.74) is 7.38. The molecule has 260 valence electrons. The van der Waals surface area contributed by atoms with Gasteiger partial charge in [-0.25, -0.2) is 4.98 Å². The number of rotatable bonds is 9. The maximum Gasteiger partial charge on any atom is 0.229 e. The lowest BCUT2D eigenvalue weighted by atomic mass is 9.72. The van der Waals surface area contributed by atoms with E-state index in [-0.39, 0.29) is 0 Å². The predicted octanol–water partition coefficient (Wildman–Crippen LogP) is 5.66. The summed E-state index contributed by atoms with van der Waals surface area (Å²) in [6, 6.07) is 8.99. The highest BCUT2D eigenvalue weighted by atomic mass is 79.9. The number of benzene rings is 2. The van der Waals surface area contributed by atoms with Gasteiger partial charge in [0.15, 0.2) is 0 Å². The van der Waals surface area contributed by atoms with Gasteiger partial charge in [-0.15, -0.1) is 0 Å². The summed E-state index contributed by atoms with van der Waals surface area (Å²) in [5.74, 6) is 1.82. The zero-order valence-electron chi connectivity index (χ0n) is 29.2. The lowest BCUT2D eigenvalue weighted by Crippen LogP contribution is -2.73. The van der Waals surface area contributed by atoms with E-state index < -0.39 is 7.92 Å². The van der Waals surface area contributed by atoms with Crippen molar-refractivity contribution in [1.82, 2.24) is 39.5 Å². The summed E-state index contributed by atoms with van der Waals surface area (Å²) in [5, 5.41) is 12.7. The van der Waals surface area contributed by atoms with Gasteiger partial charge in [0.25, 0.3) is 0 Å². The second-order valence-corrected chi connectivity index (χ2v) is 17.3. The third kappa shape index (κ3) is 6.29. The van der Waals surface area contributed by atoms with Crippen molar-refractivity contribution in [2.75, 3.05) is 82.3 Å². The van der Waals surface area contributed by atoms with Crippen molar-refractivity contribution in [2.45, 2.75) is 18.9 Å². The average molecular weight is 757 g/mol. The van der Waals surface area contributed by atoms with Crippen LogP contribution >= 0.6 is 23.9 Å². The van der Waals surface area contributed by atoms with Gasteiger partial charge in [-0.2, -0.15) is 10.1 Å². The highest BCUT2D eigenvalue weighted by Crippen LogP contribution is 2.44. The molecule has 3 fully saturated rings. The molecular weight excluding hydrogens is 713 g/mol. The molecule has 0 saturated carbocycles. The molecule has 0 atom stereocenters. The number of likely N-dealkylation sites (tertiary alicyclic amines) is 2. The van der Waals surface area contributed by atoms with Crippen LogP contribution in [0.1, 0.15) is 12.8 Å². The molecule has 3 aliphatic rings. The van der Waals surface area contributed by atoms with E-state index >= 15 is 0 Å². The predicted molar refractivity (Wildman–Crippen MR) is 206 cm³/mol. The summed E-state index contributed by atoms with van der Waals surface area (Å²) in [4.78, 5) is 26.4. The van der Waals surface area contributed by atoms with Crippen LogP contribution in [-0.4, -0.2) is 112 Å². The van der Waals surface area contributed by atoms with Crippen LogP contribution in [0.25, 0.3) is 22.2 Å². The Kier molecular flexibility index (Phi) is 8.87. The van der Waals surface area contributed by atoms with Crippen molar-refractivity contribution < 1.29 is 4.74 Å². The highest BCUT2D eigenvalue weighted by molar-refractivity contribution is 9.10. The smallest absolute Gasteiger partial charge is 0.229 e. The SMILES string of the molecule is COc1cc(N2CCC(N3CC4(CN(C)C4)C3)CC2)c(-c2cnn(C)c2)cc1Nc1ncc(Br)c(Nc2ccc3nccnc3c2P(C)C)n1. The molecule has 0 aliphatic carbocycles. The minimum Gasteiger partial charge on any atom is -0.494 e. The van der Waals surface area contributed by atoms with Gasteiger partial charge in [0.1, 0.15) is 11.6 Å². The number of nitrogens with one attached hydrogen (secondary N) is 2. The summed E-state index contributed by atoms with van der Waals surface area (Å²) in [6.07, 6.45) is 11.5. The molecule has 0 radical (unpaired) electrons. The Labute approximate surface area is 302 Å². The Balaban J connectivity index is 1.06. The van der Waals surface area contributed by atoms with E-state index in [1.165, 1.54) is 26.2 Å². The number of hydrogen-bond donors (Lipinski definition) is 2. The molecule has 14 heteroatoms. The van der Waals surface area contributed by atoms with Crippen LogP contribution in [0.3, 0.4) is 0 Å². The third-order valence-corrected chi connectivity index (χ3v) is 12.2. The quantitative estimate of drug-likeness (QED) is 0.182. The molecule has 3 aliphatic heterocycles. The standard InChI is InChI=1S/C36H43BrN11OP/c1-45-19-36(20-45)21-48(22-36)24-8-12-47(13-9-24)30-15-31(49-3)29(14-25(30)23-16-41-46(2)18-23)43-35-40-17-26(37)34(44-35)42-28-7-6-27-32(33(28)50(4)5)39-11-10-38-27/h6-7,10-11,14-18,24H,8-9,12-13,19-22H2,1-5H3,(H2,40,42,43,44). The number of anilines is 5. The lowest BCUT2D eigenvalue weighted by Gasteiger charge is -2.62. The van der Waals surface area contributed by atoms with Crippen molar-refractivity contribution in [3.63, 3.8) is 0 Å². The molecule has 50 heavy (non-hydrogen) atoms. The molecule has 0 amide bonds. The van der Waals surface area contributed by atoms with Crippen molar-refractivity contribution in [1.29, 1.82) is 0 Å². The lowest BCUT2D eigenvalue weighted by molar-refractivity contribution is -0.123. The Morgan fingerprint density at radius 1 is 0.940 bits per heavy atom. The third-order valence-electron chi connectivity index (χ3n) is 10.2. The minimum absolute atomic E-state index is 0.446. The van der Waals surface area contributed by atoms with E-state index in [9.17, 15) is 0 Å². The van der Waals surface area contributed by atoms with Gasteiger partial charge in [0.2, 0.25) is 5.95 Å². The first-order valence-corrected chi connectivity index (χ1v) is 20.1. The number of aromatic nitrogens is 6. The van der Waals surface area contributed by atoms with Crippen molar-refractivity contribution in [3.8, 4) is 16.9 Å². The van der Waals surface area contributed by atoms with Crippen molar-refractivity contribution in [3.05, 3.63) is 59.7 Å². The van der Waals surface area contributed by atoms with Gasteiger partial charge < -0.3 is 25.2 Å². The number of ether oxygens (including phenoxy) is 1. The summed E-state index contributed by atoms with van der Waals surface area (Å²) in [7, 11) is 5.41. The minimum atomic E-state index is -0.488. The maximum absolute atomic E-state index is 6.00. The highest BCUT2D eigenvalue weighted by Gasteiger charge is 2.52. The second-order valence-electron chi connectivity index (χ2n) is 14.2. The van der Waals surface area contributed by atoms with Crippen LogP contribution in [0.4, 0.5) is 28.8 Å². The zero-order chi connectivity index (χ0) is 34.6. The van der Waals surface area contributed by atoms with Crippen LogP contribution < -0.4 is 25.6 Å². The first kappa shape index (κ1) is 33.3. The number of fused-ring (bicyclic) bond motifs is 1. The van der Waals surface area contributed by atoms with Crippen molar-refractivity contribution >= 4 is 69.0 Å². The van der Waals surface area contributed by atoms with Crippen LogP contribution in [0.2, 0.25) is 0 Å². The fourth-order valence-electron chi connectivity index (χ4n) is 8.07. The summed E-state index contributed by atoms with van der Waals surface area (Å²) in [6.45, 7) is 11.5. The normalized spacial score (nSPS) is 18.0. The molecule has 2 aromatic carbocycles. The van der Waals surface area contributed by atoms with E-state index in [1.54, 1.807) is 25.7 Å². The molecule has 2 N–H and O–H groups in total. The van der Waals surface area contributed by atoms with Gasteiger partial charge >= 0.3 is 0 Å². The average Bonchev–Trinajstić information content (AvgIpc) is 3.52. The Morgan fingerprint density at radius 3 is 2.42 bits per heavy atom. The van der Waals surface area contributed by atoms with Crippen molar-refractivity contribution in [2.24, 2.45) is 12.5 Å². The topological polar surface area (TPSA) is 112 Å². The fraction of sp³-hybridized carbons (Fsp3) is 0.417. The monoisotopic (exact) mass is 755 g/mol. The van der Waals surface area contributed by atoms with Gasteiger partial charge in [0, 0.05) is 116 Å². The summed E-state index contributed by atoms with van der Waals surface area (Å²) < 4.78 is 8.60. The van der Waals surface area contributed by atoms with E-state index in [0.29, 0.717) is 23.2 Å². The Morgan fingerprint density at radius 2 is 1.72 bits per heavy atom. The number of hydrogen-bond acceptors (Lipinski definition) is 11. The fourth-order valence-corrected chi connectivity index (χ4v) is 9.57. The molecule has 12 nitrogen and oxygen atoms in total. The maximum atomic E-state index is 6.00. The van der Waals surface area contributed by atoms with E-state index in [2.05, 4.69) is 100 Å². The van der Waals surface area contributed by atoms with E-state index in [0.717, 1.165) is 80.7 Å². The van der Waals surface area contributed by atoms with Gasteiger partial charge in [-0.3, -0.25) is 19.5 Å². The van der Waals surface area contributed by atoms with Crippen LogP contribution in [0, 0.1) is 5.41 Å². The number of methoxy groups -OCH3 is 1. The Bertz CT molecular complexity index is 2030. The van der Waals surface area contributed by atoms with Gasteiger partial charge in [0.05, 0.1) is 34.5 Å². The van der Waals surface area contributed by atoms with Gasteiger partial charge in [-0.05, 0) is 67.3 Å². The number of piperidine rings is 1. The van der Waals surface area contributed by atoms with Crippen LogP contribution in [0.15, 0.2) is 59.7 Å². The number of aryl methyl sites for hydroxylation is 1. The largest absolute Gasteiger partial charge is 0.494 e. The zero-order valence-corrected chi connectivity index (χ0v) is 31.7. The second kappa shape index (κ2) is 13.3. The first-order valence-electron chi connectivity index (χ1n) is 17.0. The molecule has 3 aromatic heterocycles. The van der Waals surface area contributed by atoms with Gasteiger partial charge in [-0.1, -0.05) is 7.92 Å². The molecule has 0 unspecified atom stereocenters. The van der Waals surface area contributed by atoms with E-state index in [4.69, 9.17) is 9.72 Å². The van der Waals surface area contributed by atoms with E-state index in [1.807, 2.05) is 30.1 Å². The first-order chi connectivity index (χ1) is 24.2. The number of nitrogens with zero attached hydrogens (tertiary/aromatic N) is 9. The molecule has 3 saturated heterocycles. The molecule has 5 aromatic rings. The van der Waals surface area contributed by atoms with Crippen LogP contribution in [0.5, 0.6) is 5.75 Å². The number of halogens is 1. The molecule has 6 heterocycles. The Hall–Kier alpha value is -3.90. The molecule has 1 spiro atoms. The van der Waals surface area contributed by atoms with Crippen LogP contribution in [-0.2, 0) is 7.05 Å². The molecule has 8 rings (SSSR count). The summed E-state index contributed by atoms with van der Waals surface area (Å²) >= 11 is 3.66. The molecule has 0 bridgehead atoms. The molecular formula is C36H43BrN11OP.